The summed E-state index contributed by atoms with van der Waals surface area (Å²) in [5.41, 5.74) is 0. The molecule has 0 spiro atoms. The van der Waals surface area contributed by atoms with Crippen molar-refractivity contribution in [3.05, 3.63) is 72.9 Å². The number of rotatable bonds is 33. The Morgan fingerprint density at radius 1 is 0.608 bits per heavy atom. The minimum absolute atomic E-state index is 0.0206. The number of hydrogen-bond donors (Lipinski definition) is 0. The van der Waals surface area contributed by atoms with Gasteiger partial charge in [-0.2, -0.15) is 0 Å². The number of carbonyl (C=O) groups excluding carboxylic acids is 3. The van der Waals surface area contributed by atoms with Crippen molar-refractivity contribution in [3.63, 3.8) is 0 Å². The molecule has 0 aromatic rings. The van der Waals surface area contributed by atoms with E-state index in [9.17, 15) is 19.5 Å². The molecule has 0 amide bonds. The van der Waals surface area contributed by atoms with Gasteiger partial charge < -0.3 is 28.6 Å². The smallest absolute Gasteiger partial charge is 0.306 e. The van der Waals surface area contributed by atoms with Gasteiger partial charge in [-0.15, -0.1) is 0 Å². The Morgan fingerprint density at radius 3 is 1.75 bits per heavy atom. The normalized spacial score (nSPS) is 13.8. The third-order valence-corrected chi connectivity index (χ3v) is 8.15. The van der Waals surface area contributed by atoms with Crippen molar-refractivity contribution >= 4 is 17.9 Å². The van der Waals surface area contributed by atoms with E-state index in [1.54, 1.807) is 21.1 Å². The zero-order valence-corrected chi connectivity index (χ0v) is 32.7. The highest BCUT2D eigenvalue weighted by Gasteiger charge is 2.25. The Kier molecular flexibility index (Phi) is 31.7. The zero-order chi connectivity index (χ0) is 37.8. The summed E-state index contributed by atoms with van der Waals surface area (Å²) in [4.78, 5) is 36.7. The summed E-state index contributed by atoms with van der Waals surface area (Å²) in [5, 5.41) is 11.6. The number of hydrogen-bond acceptors (Lipinski definition) is 7. The van der Waals surface area contributed by atoms with Gasteiger partial charge in [0.1, 0.15) is 12.6 Å². The van der Waals surface area contributed by atoms with Crippen molar-refractivity contribution in [2.45, 2.75) is 142 Å². The van der Waals surface area contributed by atoms with Crippen LogP contribution in [-0.2, 0) is 28.6 Å². The highest BCUT2D eigenvalue weighted by atomic mass is 16.6. The third kappa shape index (κ3) is 32.4. The average Bonchev–Trinajstić information content (AvgIpc) is 3.08. The molecule has 290 valence electrons. The highest BCUT2D eigenvalue weighted by molar-refractivity contribution is 5.70. The van der Waals surface area contributed by atoms with Crippen molar-refractivity contribution in [2.24, 2.45) is 0 Å². The zero-order valence-electron chi connectivity index (χ0n) is 32.7. The van der Waals surface area contributed by atoms with Crippen molar-refractivity contribution in [3.8, 4) is 0 Å². The number of carboxylic acids is 1. The first-order valence-corrected chi connectivity index (χ1v) is 19.5. The molecule has 2 atom stereocenters. The Bertz CT molecular complexity index is 1060. The molecule has 0 aliphatic rings. The molecule has 51 heavy (non-hydrogen) atoms. The van der Waals surface area contributed by atoms with E-state index in [2.05, 4.69) is 74.6 Å². The van der Waals surface area contributed by atoms with Crippen molar-refractivity contribution in [1.29, 1.82) is 0 Å². The summed E-state index contributed by atoms with van der Waals surface area (Å²) in [7, 11) is 5.37. The van der Waals surface area contributed by atoms with Gasteiger partial charge in [0, 0.05) is 19.3 Å². The molecule has 0 bridgehead atoms. The molecule has 0 saturated heterocycles. The number of esters is 2. The summed E-state index contributed by atoms with van der Waals surface area (Å²) in [6.07, 6.45) is 40.7. The maximum absolute atomic E-state index is 12.6. The summed E-state index contributed by atoms with van der Waals surface area (Å²) in [6.45, 7) is 4.34. The number of carbonyl (C=O) groups is 3. The molecule has 0 aliphatic carbocycles. The standard InChI is InChI=1S/C43H71NO7/c1-6-8-10-12-14-16-18-20-22-23-25-27-29-31-33-41(45)50-38-39(37-49-36-35-40(43(47)48)44(3,4)5)51-42(46)34-32-30-28-26-24-21-19-17-15-13-11-9-7-2/h8-11,13-17,19-20,22,39-40H,6-7,12,18,21,23-38H2,1-5H3/b10-8+,11-9+,15-13+,16-14+,19-17+,22-20+. The average molecular weight is 714 g/mol. The maximum Gasteiger partial charge on any atom is 0.306 e. The van der Waals surface area contributed by atoms with Crippen LogP contribution in [0.25, 0.3) is 0 Å². The molecule has 0 aromatic heterocycles. The largest absolute Gasteiger partial charge is 0.544 e. The number of carboxylic acid groups (broad SMARTS) is 1. The van der Waals surface area contributed by atoms with Crippen LogP contribution >= 0.6 is 0 Å². The number of aliphatic carboxylic acids is 1. The molecule has 0 aromatic carbocycles. The summed E-state index contributed by atoms with van der Waals surface area (Å²) in [6, 6.07) is -0.735. The topological polar surface area (TPSA) is 102 Å². The van der Waals surface area contributed by atoms with Gasteiger partial charge in [0.15, 0.2) is 6.10 Å². The van der Waals surface area contributed by atoms with Gasteiger partial charge in [-0.25, -0.2) is 0 Å². The van der Waals surface area contributed by atoms with Crippen molar-refractivity contribution in [1.82, 2.24) is 0 Å². The first kappa shape index (κ1) is 47.8. The molecule has 0 saturated carbocycles. The van der Waals surface area contributed by atoms with Gasteiger partial charge in [-0.05, 0) is 64.2 Å². The van der Waals surface area contributed by atoms with E-state index in [-0.39, 0.29) is 49.1 Å². The lowest BCUT2D eigenvalue weighted by Gasteiger charge is -2.34. The lowest BCUT2D eigenvalue weighted by atomic mass is 10.1. The van der Waals surface area contributed by atoms with Crippen molar-refractivity contribution in [2.75, 3.05) is 41.0 Å². The predicted octanol–water partition coefficient (Wildman–Crippen LogP) is 8.68. The van der Waals surface area contributed by atoms with Crippen LogP contribution in [0, 0.1) is 0 Å². The van der Waals surface area contributed by atoms with E-state index in [0.29, 0.717) is 6.42 Å². The van der Waals surface area contributed by atoms with Gasteiger partial charge in [-0.1, -0.05) is 119 Å². The van der Waals surface area contributed by atoms with Crippen LogP contribution in [-0.4, -0.2) is 75.5 Å². The van der Waals surface area contributed by atoms with E-state index >= 15 is 0 Å². The molecule has 8 heteroatoms. The van der Waals surface area contributed by atoms with E-state index < -0.39 is 18.1 Å². The second kappa shape index (κ2) is 33.9. The molecule has 0 N–H and O–H groups in total. The summed E-state index contributed by atoms with van der Waals surface area (Å²) < 4.78 is 17.0. The van der Waals surface area contributed by atoms with Gasteiger partial charge in [0.05, 0.1) is 40.3 Å². The van der Waals surface area contributed by atoms with E-state index in [1.165, 1.54) is 0 Å². The monoisotopic (exact) mass is 714 g/mol. The van der Waals surface area contributed by atoms with Crippen LogP contribution in [0.3, 0.4) is 0 Å². The van der Waals surface area contributed by atoms with Gasteiger partial charge in [0.25, 0.3) is 0 Å². The third-order valence-electron chi connectivity index (χ3n) is 8.15. The number of allylic oxidation sites excluding steroid dienone is 12. The molecule has 0 rings (SSSR count). The van der Waals surface area contributed by atoms with E-state index in [1.807, 2.05) is 12.2 Å². The maximum atomic E-state index is 12.6. The molecular formula is C43H71NO7. The molecular weight excluding hydrogens is 642 g/mol. The predicted molar refractivity (Wildman–Crippen MR) is 208 cm³/mol. The SMILES string of the molecule is CC/C=C/C=C/C=C/CCCCCCCC(=O)OC(COCCC(C(=O)[O-])[N+](C)(C)C)COC(=O)CCCCCC/C=C/C/C=C/C/C=C/CC. The summed E-state index contributed by atoms with van der Waals surface area (Å²) in [5.74, 6) is -1.81. The number of ether oxygens (including phenoxy) is 3. The first-order chi connectivity index (χ1) is 24.6. The minimum Gasteiger partial charge on any atom is -0.544 e. The Hall–Kier alpha value is -3.23. The van der Waals surface area contributed by atoms with Gasteiger partial charge in [-0.3, -0.25) is 9.59 Å². The van der Waals surface area contributed by atoms with Crippen LogP contribution in [0.5, 0.6) is 0 Å². The minimum atomic E-state index is -1.14. The van der Waals surface area contributed by atoms with Gasteiger partial charge >= 0.3 is 11.9 Å². The quantitative estimate of drug-likeness (QED) is 0.0221. The Labute approximate surface area is 311 Å². The Balaban J connectivity index is 4.50. The van der Waals surface area contributed by atoms with E-state index in [0.717, 1.165) is 96.3 Å². The van der Waals surface area contributed by atoms with Crippen LogP contribution in [0.1, 0.15) is 129 Å². The van der Waals surface area contributed by atoms with Crippen LogP contribution in [0.4, 0.5) is 0 Å². The molecule has 2 unspecified atom stereocenters. The fourth-order valence-corrected chi connectivity index (χ4v) is 5.14. The molecule has 0 radical (unpaired) electrons. The highest BCUT2D eigenvalue weighted by Crippen LogP contribution is 2.12. The van der Waals surface area contributed by atoms with Crippen molar-refractivity contribution < 1.29 is 38.2 Å². The molecule has 0 heterocycles. The van der Waals surface area contributed by atoms with Crippen LogP contribution in [0.2, 0.25) is 0 Å². The number of quaternary nitrogens is 1. The summed E-state index contributed by atoms with van der Waals surface area (Å²) >= 11 is 0. The fourth-order valence-electron chi connectivity index (χ4n) is 5.14. The Morgan fingerprint density at radius 2 is 1.14 bits per heavy atom. The lowest BCUT2D eigenvalue weighted by molar-refractivity contribution is -0.889. The number of likely N-dealkylation sites (N-methyl/N-ethyl adjacent to an activating group) is 1. The lowest BCUT2D eigenvalue weighted by Crippen LogP contribution is -2.55. The number of unbranched alkanes of at least 4 members (excludes halogenated alkanes) is 9. The molecule has 0 fully saturated rings. The molecule has 0 aliphatic heterocycles. The molecule has 8 nitrogen and oxygen atoms in total. The second-order valence-corrected chi connectivity index (χ2v) is 13.8. The van der Waals surface area contributed by atoms with E-state index in [4.69, 9.17) is 14.2 Å². The second-order valence-electron chi connectivity index (χ2n) is 13.8. The first-order valence-electron chi connectivity index (χ1n) is 19.5. The van der Waals surface area contributed by atoms with Gasteiger partial charge in [0.2, 0.25) is 0 Å². The fraction of sp³-hybridized carbons (Fsp3) is 0.651. The van der Waals surface area contributed by atoms with Crippen LogP contribution < -0.4 is 5.11 Å². The number of nitrogens with zero attached hydrogens (tertiary/aromatic N) is 1. The van der Waals surface area contributed by atoms with Crippen LogP contribution in [0.15, 0.2) is 72.9 Å².